The molecule has 2 aliphatic heterocycles. The zero-order valence-electron chi connectivity index (χ0n) is 21.9. The molecule has 10 nitrogen and oxygen atoms in total. The smallest absolute Gasteiger partial charge is 0.382 e. The number of rotatable bonds is 5. The second-order valence-corrected chi connectivity index (χ2v) is 11.9. The molecular formula is C27H28F3IN8O2. The highest BCUT2D eigenvalue weighted by Gasteiger charge is 2.41. The summed E-state index contributed by atoms with van der Waals surface area (Å²) in [4.78, 5) is 34.4. The number of ether oxygens (including phenoxy) is 1. The molecular weight excluding hydrogens is 652 g/mol. The van der Waals surface area contributed by atoms with E-state index in [-0.39, 0.29) is 17.2 Å². The monoisotopic (exact) mass is 680 g/mol. The van der Waals surface area contributed by atoms with Crippen LogP contribution in [-0.2, 0) is 10.9 Å². The summed E-state index contributed by atoms with van der Waals surface area (Å²) in [6, 6.07) is 6.00. The van der Waals surface area contributed by atoms with E-state index in [1.165, 1.54) is 18.9 Å². The highest BCUT2D eigenvalue weighted by molar-refractivity contribution is 14.1. The number of alkyl halides is 4. The minimum atomic E-state index is -4.70. The van der Waals surface area contributed by atoms with Crippen LogP contribution in [0.15, 0.2) is 36.7 Å². The Kier molecular flexibility index (Phi) is 7.61. The molecule has 3 N–H and O–H groups in total. The quantitative estimate of drug-likeness (QED) is 0.301. The van der Waals surface area contributed by atoms with Crippen molar-refractivity contribution >= 4 is 51.6 Å². The fourth-order valence-corrected chi connectivity index (χ4v) is 6.96. The third-order valence-electron chi connectivity index (χ3n) is 7.86. The lowest BCUT2D eigenvalue weighted by Gasteiger charge is -2.37. The second kappa shape index (κ2) is 11.2. The molecule has 41 heavy (non-hydrogen) atoms. The molecule has 2 saturated heterocycles. The van der Waals surface area contributed by atoms with Crippen LogP contribution in [0.4, 0.5) is 36.3 Å². The second-order valence-electron chi connectivity index (χ2n) is 10.4. The van der Waals surface area contributed by atoms with E-state index >= 15 is 0 Å². The molecule has 5 heterocycles. The summed E-state index contributed by atoms with van der Waals surface area (Å²) in [6.45, 7) is 3.58. The van der Waals surface area contributed by atoms with Gasteiger partial charge in [-0.3, -0.25) is 4.79 Å². The highest BCUT2D eigenvalue weighted by Crippen LogP contribution is 2.44. The summed E-state index contributed by atoms with van der Waals surface area (Å²) in [7, 11) is 0. The number of fused-ring (bicyclic) bond motifs is 2. The number of nitrogens with one attached hydrogen (secondary N) is 1. The Morgan fingerprint density at radius 3 is 2.49 bits per heavy atom. The van der Waals surface area contributed by atoms with Crippen LogP contribution in [0, 0.1) is 11.8 Å². The van der Waals surface area contributed by atoms with Gasteiger partial charge in [-0.05, 0) is 48.9 Å². The normalized spacial score (nSPS) is 22.6. The number of pyridine rings is 2. The van der Waals surface area contributed by atoms with Gasteiger partial charge in [-0.15, -0.1) is 0 Å². The number of hydrogen-bond acceptors (Lipinski definition) is 9. The third kappa shape index (κ3) is 5.63. The number of anilines is 4. The van der Waals surface area contributed by atoms with Crippen molar-refractivity contribution in [1.29, 1.82) is 0 Å². The molecule has 1 amide bonds. The topological polar surface area (TPSA) is 122 Å². The maximum atomic E-state index is 14.0. The fraction of sp³-hybridized carbons (Fsp3) is 0.444. The van der Waals surface area contributed by atoms with Crippen molar-refractivity contribution in [3.63, 3.8) is 0 Å². The summed E-state index contributed by atoms with van der Waals surface area (Å²) in [5, 5.41) is 2.77. The van der Waals surface area contributed by atoms with Crippen LogP contribution in [0.3, 0.4) is 0 Å². The van der Waals surface area contributed by atoms with Crippen molar-refractivity contribution in [2.24, 2.45) is 11.8 Å². The summed E-state index contributed by atoms with van der Waals surface area (Å²) in [5.74, 6) is 0.883. The van der Waals surface area contributed by atoms with Crippen molar-refractivity contribution in [3.8, 4) is 11.4 Å². The maximum Gasteiger partial charge on any atom is 0.418 e. The molecule has 6 rings (SSSR count). The molecule has 3 aliphatic rings. The number of nitrogen functional groups attached to an aromatic ring is 1. The first-order chi connectivity index (χ1) is 19.7. The Bertz CT molecular complexity index is 1440. The van der Waals surface area contributed by atoms with E-state index in [0.29, 0.717) is 53.7 Å². The van der Waals surface area contributed by atoms with Crippen molar-refractivity contribution in [2.75, 3.05) is 60.2 Å². The van der Waals surface area contributed by atoms with Crippen molar-refractivity contribution in [1.82, 2.24) is 19.9 Å². The van der Waals surface area contributed by atoms with Crippen LogP contribution in [0.1, 0.15) is 28.9 Å². The van der Waals surface area contributed by atoms with Crippen molar-refractivity contribution in [2.45, 2.75) is 22.9 Å². The molecule has 3 fully saturated rings. The van der Waals surface area contributed by atoms with Crippen molar-refractivity contribution in [3.05, 3.63) is 47.9 Å². The fourth-order valence-electron chi connectivity index (χ4n) is 5.79. The number of piperidine rings is 1. The Morgan fingerprint density at radius 1 is 1.05 bits per heavy atom. The van der Waals surface area contributed by atoms with E-state index in [1.807, 2.05) is 17.0 Å². The van der Waals surface area contributed by atoms with E-state index < -0.39 is 23.3 Å². The largest absolute Gasteiger partial charge is 0.418 e. The van der Waals surface area contributed by atoms with Gasteiger partial charge in [-0.25, -0.2) is 19.9 Å². The van der Waals surface area contributed by atoms with E-state index in [4.69, 9.17) is 10.5 Å². The van der Waals surface area contributed by atoms with Gasteiger partial charge in [0.15, 0.2) is 17.3 Å². The summed E-state index contributed by atoms with van der Waals surface area (Å²) >= 11 is 2.54. The lowest BCUT2D eigenvalue weighted by molar-refractivity contribution is -0.137. The number of carbonyl (C=O) groups excluding carboxylic acids is 1. The summed E-state index contributed by atoms with van der Waals surface area (Å²) < 4.78 is 48.0. The maximum absolute atomic E-state index is 14.0. The molecule has 1 saturated carbocycles. The lowest BCUT2D eigenvalue weighted by Crippen LogP contribution is -2.42. The molecule has 0 aromatic carbocycles. The molecule has 1 unspecified atom stereocenters. The number of hydrogen-bond donors (Lipinski definition) is 2. The van der Waals surface area contributed by atoms with Gasteiger partial charge in [0.25, 0.3) is 5.91 Å². The van der Waals surface area contributed by atoms with Gasteiger partial charge in [-0.2, -0.15) is 13.2 Å². The Balaban J connectivity index is 1.31. The lowest BCUT2D eigenvalue weighted by atomic mass is 9.98. The van der Waals surface area contributed by atoms with Crippen LogP contribution in [0.2, 0.25) is 0 Å². The standard InChI is InChI=1S/C27H28F3IN8O2/c28-27(29,30)17-5-6-20(38-8-10-41-11-9-38)36-22(17)18-12-34-24(32)23(35-18)26(40)37-25-19(2-1-7-33-25)39-13-15-3-4-16(14-39)21(15)31/h1-2,5-7,12,15-16,21H,3-4,8-11,13-14H2,(H2,32,34)(H,33,37,40)/t15-,16?,21-/m1/s1. The van der Waals surface area contributed by atoms with E-state index in [2.05, 4.69) is 52.7 Å². The molecule has 0 spiro atoms. The summed E-state index contributed by atoms with van der Waals surface area (Å²) in [6.07, 6.45) is 0.321. The first kappa shape index (κ1) is 27.9. The Labute approximate surface area is 248 Å². The average molecular weight is 680 g/mol. The molecule has 3 aromatic rings. The predicted octanol–water partition coefficient (Wildman–Crippen LogP) is 4.27. The molecule has 216 valence electrons. The molecule has 3 aromatic heterocycles. The molecule has 2 bridgehead atoms. The van der Waals surface area contributed by atoms with Gasteiger partial charge in [-0.1, -0.05) is 22.6 Å². The first-order valence-electron chi connectivity index (χ1n) is 13.4. The number of halogens is 4. The van der Waals surface area contributed by atoms with Gasteiger partial charge >= 0.3 is 6.18 Å². The first-order valence-corrected chi connectivity index (χ1v) is 14.6. The number of nitrogens with two attached hydrogens (primary N) is 1. The third-order valence-corrected chi connectivity index (χ3v) is 9.89. The van der Waals surface area contributed by atoms with Gasteiger partial charge in [0.2, 0.25) is 0 Å². The van der Waals surface area contributed by atoms with Gasteiger partial charge in [0, 0.05) is 36.3 Å². The Hall–Kier alpha value is -3.27. The zero-order chi connectivity index (χ0) is 28.7. The number of aromatic nitrogens is 4. The van der Waals surface area contributed by atoms with Crippen molar-refractivity contribution < 1.29 is 22.7 Å². The van der Waals surface area contributed by atoms with Crippen LogP contribution in [-0.4, -0.2) is 69.2 Å². The number of morpholine rings is 1. The minimum Gasteiger partial charge on any atom is -0.382 e. The van der Waals surface area contributed by atoms with E-state index in [1.54, 1.807) is 6.20 Å². The van der Waals surface area contributed by atoms with Crippen LogP contribution in [0.5, 0.6) is 0 Å². The van der Waals surface area contributed by atoms with E-state index in [0.717, 1.165) is 31.0 Å². The number of amides is 1. The number of carbonyl (C=O) groups is 1. The summed E-state index contributed by atoms with van der Waals surface area (Å²) in [5.41, 5.74) is 4.84. The zero-order valence-corrected chi connectivity index (χ0v) is 24.1. The SMILES string of the molecule is Nc1ncc(-c2nc(N3CCOCC3)ccc2C(F)(F)F)nc1C(=O)Nc1ncccc1N1CC2CC[C@H](C1)[C@H]2I. The van der Waals surface area contributed by atoms with Crippen LogP contribution in [0.25, 0.3) is 11.4 Å². The predicted molar refractivity (Wildman–Crippen MR) is 156 cm³/mol. The van der Waals surface area contributed by atoms with Crippen LogP contribution >= 0.6 is 22.6 Å². The van der Waals surface area contributed by atoms with Gasteiger partial charge in [0.1, 0.15) is 17.2 Å². The molecule has 0 radical (unpaired) electrons. The minimum absolute atomic E-state index is 0.214. The van der Waals surface area contributed by atoms with Gasteiger partial charge in [0.05, 0.1) is 30.7 Å². The van der Waals surface area contributed by atoms with Crippen LogP contribution < -0.4 is 20.9 Å². The molecule has 1 aliphatic carbocycles. The highest BCUT2D eigenvalue weighted by atomic mass is 127. The average Bonchev–Trinajstić information content (AvgIpc) is 3.16. The Morgan fingerprint density at radius 2 is 1.78 bits per heavy atom. The van der Waals surface area contributed by atoms with Gasteiger partial charge < -0.3 is 25.6 Å². The number of nitrogens with zero attached hydrogens (tertiary/aromatic N) is 6. The molecule has 3 atom stereocenters. The van der Waals surface area contributed by atoms with E-state index in [9.17, 15) is 18.0 Å². The molecule has 14 heteroatoms.